The van der Waals surface area contributed by atoms with Gasteiger partial charge in [0.2, 0.25) is 0 Å². The van der Waals surface area contributed by atoms with Crippen LogP contribution in [-0.2, 0) is 0 Å². The highest BCUT2D eigenvalue weighted by Crippen LogP contribution is 2.42. The number of halogens is 4. The van der Waals surface area contributed by atoms with Crippen molar-refractivity contribution in [1.29, 1.82) is 0 Å². The van der Waals surface area contributed by atoms with Crippen molar-refractivity contribution in [1.82, 2.24) is 0 Å². The summed E-state index contributed by atoms with van der Waals surface area (Å²) in [4.78, 5) is 12.9. The lowest BCUT2D eigenvalue weighted by Crippen LogP contribution is -2.27. The minimum Gasteiger partial charge on any atom is -0.268 e. The molecule has 128 valence electrons. The van der Waals surface area contributed by atoms with Crippen LogP contribution in [0.3, 0.4) is 0 Å². The monoisotopic (exact) mass is 405 g/mol. The van der Waals surface area contributed by atoms with Gasteiger partial charge >= 0.3 is 3.92 Å². The fraction of sp³-hybridized carbons (Fsp3) is 0.235. The zero-order valence-corrected chi connectivity index (χ0v) is 16.1. The number of hydrogen-bond acceptors (Lipinski definition) is 2. The molecular formula is C17H15Cl3FNOS. The van der Waals surface area contributed by atoms with Gasteiger partial charge in [-0.25, -0.2) is 4.31 Å². The van der Waals surface area contributed by atoms with Crippen molar-refractivity contribution in [3.63, 3.8) is 0 Å². The quantitative estimate of drug-likeness (QED) is 0.401. The number of anilines is 1. The summed E-state index contributed by atoms with van der Waals surface area (Å²) in [5, 5.41) is 0.265. The topological polar surface area (TPSA) is 20.3 Å². The summed E-state index contributed by atoms with van der Waals surface area (Å²) in [7, 11) is 0. The minimum atomic E-state index is -2.66. The molecule has 2 aromatic carbocycles. The van der Waals surface area contributed by atoms with Gasteiger partial charge in [-0.3, -0.25) is 4.79 Å². The van der Waals surface area contributed by atoms with E-state index in [2.05, 4.69) is 0 Å². The van der Waals surface area contributed by atoms with Crippen molar-refractivity contribution in [3.8, 4) is 0 Å². The molecule has 0 heterocycles. The van der Waals surface area contributed by atoms with Crippen molar-refractivity contribution in [2.75, 3.05) is 4.31 Å². The van der Waals surface area contributed by atoms with Gasteiger partial charge in [0, 0.05) is 11.9 Å². The summed E-state index contributed by atoms with van der Waals surface area (Å²) in [6, 6.07) is 13.7. The van der Waals surface area contributed by atoms with E-state index in [9.17, 15) is 9.18 Å². The van der Waals surface area contributed by atoms with E-state index in [0.29, 0.717) is 17.6 Å². The molecule has 0 saturated heterocycles. The van der Waals surface area contributed by atoms with Gasteiger partial charge in [-0.15, -0.1) is 0 Å². The lowest BCUT2D eigenvalue weighted by Gasteiger charge is -2.25. The molecule has 24 heavy (non-hydrogen) atoms. The number of nitrogens with zero attached hydrogens (tertiary/aromatic N) is 1. The standard InChI is InChI=1S/C17H15Cl3FNOS/c1-11(2)12-6-5-7-13(10-12)22(24-17(19,20)21)16(23)14-8-3-4-9-15(14)18/h3-11H,1-2H3. The molecule has 0 saturated carbocycles. The van der Waals surface area contributed by atoms with Crippen molar-refractivity contribution < 1.29 is 9.18 Å². The summed E-state index contributed by atoms with van der Waals surface area (Å²) in [5.74, 6) is -0.260. The van der Waals surface area contributed by atoms with Gasteiger partial charge < -0.3 is 0 Å². The van der Waals surface area contributed by atoms with Gasteiger partial charge in [-0.1, -0.05) is 72.9 Å². The van der Waals surface area contributed by atoms with Gasteiger partial charge in [0.05, 0.1) is 16.3 Å². The van der Waals surface area contributed by atoms with E-state index in [-0.39, 0.29) is 16.5 Å². The van der Waals surface area contributed by atoms with Crippen molar-refractivity contribution in [3.05, 3.63) is 64.7 Å². The van der Waals surface area contributed by atoms with E-state index in [1.54, 1.807) is 42.5 Å². The zero-order chi connectivity index (χ0) is 17.9. The predicted octanol–water partition coefficient (Wildman–Crippen LogP) is 6.82. The Kier molecular flexibility index (Phi) is 6.43. The highest BCUT2D eigenvalue weighted by molar-refractivity contribution is 8.05. The second-order valence-electron chi connectivity index (χ2n) is 5.37. The molecule has 0 fully saturated rings. The van der Waals surface area contributed by atoms with Crippen LogP contribution in [0.5, 0.6) is 0 Å². The molecule has 0 unspecified atom stereocenters. The Balaban J connectivity index is 2.47. The van der Waals surface area contributed by atoms with Crippen LogP contribution < -0.4 is 4.31 Å². The highest BCUT2D eigenvalue weighted by Gasteiger charge is 2.33. The molecule has 0 spiro atoms. The minimum absolute atomic E-state index is 0.235. The van der Waals surface area contributed by atoms with E-state index in [0.717, 1.165) is 9.87 Å². The van der Waals surface area contributed by atoms with E-state index in [1.165, 1.54) is 0 Å². The van der Waals surface area contributed by atoms with Crippen LogP contribution in [0.2, 0.25) is 5.02 Å². The summed E-state index contributed by atoms with van der Waals surface area (Å²) < 4.78 is 12.3. The first-order chi connectivity index (χ1) is 11.2. The summed E-state index contributed by atoms with van der Waals surface area (Å²) >= 11 is 17.4. The molecule has 0 bridgehead atoms. The maximum Gasteiger partial charge on any atom is 0.324 e. The Bertz CT molecular complexity index is 734. The normalized spacial score (nSPS) is 11.6. The Morgan fingerprint density at radius 2 is 1.83 bits per heavy atom. The van der Waals surface area contributed by atoms with Gasteiger partial charge in [-0.2, -0.15) is 4.39 Å². The van der Waals surface area contributed by atoms with Crippen LogP contribution in [0.4, 0.5) is 10.1 Å². The van der Waals surface area contributed by atoms with Gasteiger partial charge in [0.1, 0.15) is 0 Å². The Morgan fingerprint density at radius 3 is 2.42 bits per heavy atom. The smallest absolute Gasteiger partial charge is 0.268 e. The summed E-state index contributed by atoms with van der Waals surface area (Å²) in [6.45, 7) is 4.05. The molecule has 0 N–H and O–H groups in total. The van der Waals surface area contributed by atoms with E-state index in [1.807, 2.05) is 19.9 Å². The highest BCUT2D eigenvalue weighted by atomic mass is 35.5. The molecule has 0 aliphatic carbocycles. The van der Waals surface area contributed by atoms with Crippen LogP contribution in [0.1, 0.15) is 35.7 Å². The number of hydrogen-bond donors (Lipinski definition) is 0. The lowest BCUT2D eigenvalue weighted by atomic mass is 10.0. The van der Waals surface area contributed by atoms with Crippen LogP contribution in [0.15, 0.2) is 48.5 Å². The van der Waals surface area contributed by atoms with Gasteiger partial charge in [-0.05, 0) is 35.7 Å². The number of amides is 1. The fourth-order valence-corrected chi connectivity index (χ4v) is 3.31. The molecule has 0 aliphatic rings. The second kappa shape index (κ2) is 7.96. The molecule has 2 rings (SSSR count). The van der Waals surface area contributed by atoms with E-state index in [4.69, 9.17) is 34.8 Å². The maximum atomic E-state index is 13.8. The average Bonchev–Trinajstić information content (AvgIpc) is 2.52. The Hall–Kier alpha value is -0.940. The largest absolute Gasteiger partial charge is 0.324 e. The number of carbonyl (C=O) groups excluding carboxylic acids is 1. The average molecular weight is 407 g/mol. The van der Waals surface area contributed by atoms with Crippen LogP contribution in [-0.4, -0.2) is 9.83 Å². The Labute approximate surface area is 160 Å². The zero-order valence-electron chi connectivity index (χ0n) is 13.0. The third-order valence-corrected chi connectivity index (χ3v) is 4.76. The molecule has 1 amide bonds. The maximum absolute atomic E-state index is 13.8. The van der Waals surface area contributed by atoms with Crippen molar-refractivity contribution >= 4 is 58.3 Å². The van der Waals surface area contributed by atoms with Crippen LogP contribution in [0.25, 0.3) is 0 Å². The Morgan fingerprint density at radius 1 is 1.17 bits per heavy atom. The third-order valence-electron chi connectivity index (χ3n) is 3.25. The summed E-state index contributed by atoms with van der Waals surface area (Å²) in [6.07, 6.45) is 0. The number of benzene rings is 2. The molecule has 7 heteroatoms. The third kappa shape index (κ3) is 5.03. The summed E-state index contributed by atoms with van der Waals surface area (Å²) in [5.41, 5.74) is 1.71. The molecule has 0 radical (unpaired) electrons. The molecule has 0 aliphatic heterocycles. The van der Waals surface area contributed by atoms with Gasteiger partial charge in [0.25, 0.3) is 5.91 Å². The van der Waals surface area contributed by atoms with Crippen LogP contribution >= 0.6 is 46.8 Å². The first-order valence-corrected chi connectivity index (χ1v) is 9.04. The van der Waals surface area contributed by atoms with E-state index >= 15 is 0 Å². The molecular weight excluding hydrogens is 392 g/mol. The first-order valence-electron chi connectivity index (χ1n) is 7.14. The molecule has 0 atom stereocenters. The van der Waals surface area contributed by atoms with Crippen molar-refractivity contribution in [2.24, 2.45) is 0 Å². The predicted molar refractivity (Wildman–Crippen MR) is 102 cm³/mol. The molecule has 0 aromatic heterocycles. The number of rotatable bonds is 5. The van der Waals surface area contributed by atoms with Crippen LogP contribution in [0, 0.1) is 0 Å². The molecule has 2 nitrogen and oxygen atoms in total. The number of carbonyl (C=O) groups is 1. The van der Waals surface area contributed by atoms with E-state index < -0.39 is 9.83 Å². The fourth-order valence-electron chi connectivity index (χ4n) is 2.07. The SMILES string of the molecule is CC(C)c1cccc(N(SC(F)(Cl)Cl)C(=O)c2ccccc2Cl)c1. The van der Waals surface area contributed by atoms with Crippen molar-refractivity contribution in [2.45, 2.75) is 23.7 Å². The second-order valence-corrected chi connectivity index (χ2v) is 8.57. The van der Waals surface area contributed by atoms with Gasteiger partial charge in [0.15, 0.2) is 0 Å². The first kappa shape index (κ1) is 19.4. The lowest BCUT2D eigenvalue weighted by molar-refractivity contribution is 0.101. The number of alkyl halides is 3. The molecule has 2 aromatic rings.